The standard InChI is InChI=1S/C17H19FN2O2/c1-12(2)22-16-6-5-13(10-15(16)18)7-9-20-17(21)14-4-3-8-19-11-14/h3-6,8,10-12H,7,9H2,1-2H3,(H,20,21). The molecule has 0 saturated heterocycles. The van der Waals surface area contributed by atoms with Gasteiger partial charge in [-0.3, -0.25) is 9.78 Å². The lowest BCUT2D eigenvalue weighted by Crippen LogP contribution is -2.25. The summed E-state index contributed by atoms with van der Waals surface area (Å²) in [7, 11) is 0. The number of aromatic nitrogens is 1. The minimum atomic E-state index is -0.384. The third kappa shape index (κ3) is 4.55. The quantitative estimate of drug-likeness (QED) is 0.892. The van der Waals surface area contributed by atoms with Crippen molar-refractivity contribution in [2.45, 2.75) is 26.4 Å². The zero-order chi connectivity index (χ0) is 15.9. The maximum Gasteiger partial charge on any atom is 0.252 e. The Kier molecular flexibility index (Phi) is 5.47. The van der Waals surface area contributed by atoms with Crippen molar-refractivity contribution in [3.63, 3.8) is 0 Å². The number of nitrogens with zero attached hydrogens (tertiary/aromatic N) is 1. The van der Waals surface area contributed by atoms with Crippen LogP contribution < -0.4 is 10.1 Å². The Morgan fingerprint density at radius 3 is 2.82 bits per heavy atom. The first-order chi connectivity index (χ1) is 10.6. The Morgan fingerprint density at radius 1 is 1.36 bits per heavy atom. The fraction of sp³-hybridized carbons (Fsp3) is 0.294. The molecule has 2 rings (SSSR count). The van der Waals surface area contributed by atoms with E-state index in [0.717, 1.165) is 5.56 Å². The van der Waals surface area contributed by atoms with Crippen LogP contribution in [0.4, 0.5) is 4.39 Å². The van der Waals surface area contributed by atoms with Crippen molar-refractivity contribution in [2.24, 2.45) is 0 Å². The Labute approximate surface area is 129 Å². The fourth-order valence-corrected chi connectivity index (χ4v) is 1.97. The van der Waals surface area contributed by atoms with Crippen LogP contribution in [0.25, 0.3) is 0 Å². The fourth-order valence-electron chi connectivity index (χ4n) is 1.97. The van der Waals surface area contributed by atoms with Gasteiger partial charge in [-0.15, -0.1) is 0 Å². The molecule has 1 aromatic heterocycles. The number of amides is 1. The van der Waals surface area contributed by atoms with E-state index in [9.17, 15) is 9.18 Å². The lowest BCUT2D eigenvalue weighted by molar-refractivity contribution is 0.0953. The number of hydrogen-bond acceptors (Lipinski definition) is 3. The SMILES string of the molecule is CC(C)Oc1ccc(CCNC(=O)c2cccnc2)cc1F. The summed E-state index contributed by atoms with van der Waals surface area (Å²) in [5.41, 5.74) is 1.31. The molecule has 22 heavy (non-hydrogen) atoms. The normalized spacial score (nSPS) is 10.5. The van der Waals surface area contributed by atoms with E-state index in [1.165, 1.54) is 12.3 Å². The molecular formula is C17H19FN2O2. The number of carbonyl (C=O) groups excluding carboxylic acids is 1. The molecule has 2 aromatic rings. The van der Waals surface area contributed by atoms with Gasteiger partial charge in [-0.05, 0) is 50.1 Å². The van der Waals surface area contributed by atoms with Gasteiger partial charge in [-0.1, -0.05) is 6.07 Å². The molecule has 0 bridgehead atoms. The van der Waals surface area contributed by atoms with E-state index in [0.29, 0.717) is 18.5 Å². The molecule has 1 N–H and O–H groups in total. The van der Waals surface area contributed by atoms with Crippen LogP contribution in [0.1, 0.15) is 29.8 Å². The number of rotatable bonds is 6. The average molecular weight is 302 g/mol. The van der Waals surface area contributed by atoms with Crippen molar-refractivity contribution >= 4 is 5.91 Å². The summed E-state index contributed by atoms with van der Waals surface area (Å²) in [5.74, 6) is -0.323. The zero-order valence-electron chi connectivity index (χ0n) is 12.7. The van der Waals surface area contributed by atoms with Gasteiger partial charge in [0.05, 0.1) is 11.7 Å². The van der Waals surface area contributed by atoms with E-state index in [1.54, 1.807) is 30.5 Å². The van der Waals surface area contributed by atoms with Crippen LogP contribution in [0.5, 0.6) is 5.75 Å². The summed E-state index contributed by atoms with van der Waals surface area (Å²) in [6.45, 7) is 4.13. The Morgan fingerprint density at radius 2 is 2.18 bits per heavy atom. The largest absolute Gasteiger partial charge is 0.488 e. The molecule has 0 radical (unpaired) electrons. The first-order valence-electron chi connectivity index (χ1n) is 7.19. The molecule has 5 heteroatoms. The molecule has 4 nitrogen and oxygen atoms in total. The summed E-state index contributed by atoms with van der Waals surface area (Å²) in [6.07, 6.45) is 3.59. The molecule has 1 aromatic carbocycles. The van der Waals surface area contributed by atoms with Crippen LogP contribution >= 0.6 is 0 Å². The lowest BCUT2D eigenvalue weighted by Gasteiger charge is -2.11. The number of benzene rings is 1. The van der Waals surface area contributed by atoms with Gasteiger partial charge >= 0.3 is 0 Å². The molecule has 0 aliphatic rings. The zero-order valence-corrected chi connectivity index (χ0v) is 12.7. The highest BCUT2D eigenvalue weighted by molar-refractivity contribution is 5.93. The summed E-state index contributed by atoms with van der Waals surface area (Å²) >= 11 is 0. The van der Waals surface area contributed by atoms with Crippen LogP contribution in [0, 0.1) is 5.82 Å². The van der Waals surface area contributed by atoms with Crippen molar-refractivity contribution in [2.75, 3.05) is 6.54 Å². The molecular weight excluding hydrogens is 283 g/mol. The minimum absolute atomic E-state index is 0.0703. The van der Waals surface area contributed by atoms with Gasteiger partial charge in [0.2, 0.25) is 0 Å². The predicted molar refractivity (Wildman–Crippen MR) is 82.4 cm³/mol. The van der Waals surface area contributed by atoms with Gasteiger partial charge in [0, 0.05) is 18.9 Å². The summed E-state index contributed by atoms with van der Waals surface area (Å²) in [6, 6.07) is 8.26. The maximum atomic E-state index is 13.8. The number of ether oxygens (including phenoxy) is 1. The van der Waals surface area contributed by atoms with Crippen molar-refractivity contribution < 1.29 is 13.9 Å². The first kappa shape index (κ1) is 15.9. The highest BCUT2D eigenvalue weighted by atomic mass is 19.1. The van der Waals surface area contributed by atoms with E-state index in [1.807, 2.05) is 13.8 Å². The summed E-state index contributed by atoms with van der Waals surface area (Å²) in [4.78, 5) is 15.7. The van der Waals surface area contributed by atoms with Gasteiger partial charge in [0.15, 0.2) is 11.6 Å². The van der Waals surface area contributed by atoms with Gasteiger partial charge < -0.3 is 10.1 Å². The monoisotopic (exact) mass is 302 g/mol. The molecule has 116 valence electrons. The predicted octanol–water partition coefficient (Wildman–Crippen LogP) is 2.98. The summed E-state index contributed by atoms with van der Waals surface area (Å²) in [5, 5.41) is 2.78. The summed E-state index contributed by atoms with van der Waals surface area (Å²) < 4.78 is 19.2. The van der Waals surface area contributed by atoms with E-state index in [2.05, 4.69) is 10.3 Å². The molecule has 1 amide bonds. The maximum absolute atomic E-state index is 13.8. The third-order valence-corrected chi connectivity index (χ3v) is 2.98. The molecule has 1 heterocycles. The van der Waals surface area contributed by atoms with Gasteiger partial charge in [-0.2, -0.15) is 0 Å². The van der Waals surface area contributed by atoms with Crippen molar-refractivity contribution in [3.05, 3.63) is 59.7 Å². The van der Waals surface area contributed by atoms with E-state index < -0.39 is 0 Å². The van der Waals surface area contributed by atoms with Crippen molar-refractivity contribution in [1.29, 1.82) is 0 Å². The third-order valence-electron chi connectivity index (χ3n) is 2.98. The topological polar surface area (TPSA) is 51.2 Å². The van der Waals surface area contributed by atoms with Gasteiger partial charge in [0.25, 0.3) is 5.91 Å². The molecule has 0 atom stereocenters. The minimum Gasteiger partial charge on any atom is -0.488 e. The second-order valence-corrected chi connectivity index (χ2v) is 5.18. The van der Waals surface area contributed by atoms with E-state index >= 15 is 0 Å². The van der Waals surface area contributed by atoms with E-state index in [4.69, 9.17) is 4.74 Å². The number of nitrogens with one attached hydrogen (secondary N) is 1. The van der Waals surface area contributed by atoms with Crippen LogP contribution in [-0.2, 0) is 6.42 Å². The molecule has 0 unspecified atom stereocenters. The molecule has 0 fully saturated rings. The van der Waals surface area contributed by atoms with Crippen LogP contribution in [0.15, 0.2) is 42.7 Å². The number of hydrogen-bond donors (Lipinski definition) is 1. The molecule has 0 spiro atoms. The van der Waals surface area contributed by atoms with Crippen LogP contribution in [0.3, 0.4) is 0 Å². The second kappa shape index (κ2) is 7.54. The van der Waals surface area contributed by atoms with Crippen molar-refractivity contribution in [1.82, 2.24) is 10.3 Å². The molecule has 0 aliphatic heterocycles. The van der Waals surface area contributed by atoms with Crippen LogP contribution in [-0.4, -0.2) is 23.5 Å². The Hall–Kier alpha value is -2.43. The number of halogens is 1. The molecule has 0 saturated carbocycles. The Balaban J connectivity index is 1.87. The first-order valence-corrected chi connectivity index (χ1v) is 7.19. The number of carbonyl (C=O) groups is 1. The average Bonchev–Trinajstić information content (AvgIpc) is 2.50. The smallest absolute Gasteiger partial charge is 0.252 e. The van der Waals surface area contributed by atoms with Gasteiger partial charge in [0.1, 0.15) is 0 Å². The molecule has 0 aliphatic carbocycles. The highest BCUT2D eigenvalue weighted by Gasteiger charge is 2.08. The van der Waals surface area contributed by atoms with E-state index in [-0.39, 0.29) is 23.6 Å². The lowest BCUT2D eigenvalue weighted by atomic mass is 10.1. The van der Waals surface area contributed by atoms with Gasteiger partial charge in [-0.25, -0.2) is 4.39 Å². The second-order valence-electron chi connectivity index (χ2n) is 5.18. The van der Waals surface area contributed by atoms with Crippen LogP contribution in [0.2, 0.25) is 0 Å². The number of pyridine rings is 1. The highest BCUT2D eigenvalue weighted by Crippen LogP contribution is 2.19. The Bertz CT molecular complexity index is 630. The van der Waals surface area contributed by atoms with Crippen molar-refractivity contribution in [3.8, 4) is 5.75 Å².